The number of halogens is 1. The van der Waals surface area contributed by atoms with Crippen LogP contribution in [0.4, 0.5) is 0 Å². The average molecular weight is 313 g/mol. The lowest BCUT2D eigenvalue weighted by atomic mass is 10.2. The fraction of sp³-hybridized carbons (Fsp3) is 0.333. The highest BCUT2D eigenvalue weighted by atomic mass is 79.9. The predicted octanol–water partition coefficient (Wildman–Crippen LogP) is 3.46. The molecule has 0 amide bonds. The molecule has 0 N–H and O–H groups in total. The zero-order chi connectivity index (χ0) is 12.4. The van der Waals surface area contributed by atoms with E-state index in [1.165, 1.54) is 0 Å². The second-order valence-corrected chi connectivity index (χ2v) is 6.34. The molecule has 0 spiro atoms. The number of nitrogens with zero attached hydrogens (tertiary/aromatic N) is 2. The third-order valence-electron chi connectivity index (χ3n) is 2.45. The van der Waals surface area contributed by atoms with Crippen LogP contribution < -0.4 is 0 Å². The zero-order valence-corrected chi connectivity index (χ0v) is 12.1. The van der Waals surface area contributed by atoms with Gasteiger partial charge in [-0.15, -0.1) is 11.3 Å². The highest BCUT2D eigenvalue weighted by Gasteiger charge is 2.14. The fourth-order valence-corrected chi connectivity index (χ4v) is 3.19. The maximum atomic E-state index is 12.1. The van der Waals surface area contributed by atoms with Gasteiger partial charge >= 0.3 is 0 Å². The number of hydrogen-bond acceptors (Lipinski definition) is 3. The van der Waals surface area contributed by atoms with E-state index in [4.69, 9.17) is 0 Å². The Balaban J connectivity index is 2.19. The first kappa shape index (κ1) is 12.5. The first-order valence-corrected chi connectivity index (χ1v) is 7.03. The number of carbonyl (C=O) groups is 1. The molecule has 2 rings (SSSR count). The highest BCUT2D eigenvalue weighted by Crippen LogP contribution is 2.23. The third kappa shape index (κ3) is 2.84. The van der Waals surface area contributed by atoms with Gasteiger partial charge in [-0.1, -0.05) is 0 Å². The third-order valence-corrected chi connectivity index (χ3v) is 4.07. The quantitative estimate of drug-likeness (QED) is 0.810. The lowest BCUT2D eigenvalue weighted by Gasteiger charge is -2.02. The summed E-state index contributed by atoms with van der Waals surface area (Å²) < 4.78 is 2.82. The van der Waals surface area contributed by atoms with Gasteiger partial charge in [0.1, 0.15) is 5.69 Å². The van der Waals surface area contributed by atoms with Crippen LogP contribution in [-0.4, -0.2) is 15.6 Å². The van der Waals surface area contributed by atoms with E-state index >= 15 is 0 Å². The molecule has 3 nitrogen and oxygen atoms in total. The molecule has 2 aromatic rings. The summed E-state index contributed by atoms with van der Waals surface area (Å²) in [6.45, 7) is 4.62. The molecule has 0 saturated heterocycles. The molecule has 0 bridgehead atoms. The van der Waals surface area contributed by atoms with Crippen LogP contribution in [0, 0.1) is 6.92 Å². The number of carbonyl (C=O) groups excluding carboxylic acids is 1. The summed E-state index contributed by atoms with van der Waals surface area (Å²) in [4.78, 5) is 13.2. The van der Waals surface area contributed by atoms with Crippen LogP contribution in [0.25, 0.3) is 0 Å². The van der Waals surface area contributed by atoms with Gasteiger partial charge in [0.05, 0.1) is 9.48 Å². The lowest BCUT2D eigenvalue weighted by Crippen LogP contribution is -2.11. The highest BCUT2D eigenvalue weighted by molar-refractivity contribution is 9.11. The minimum Gasteiger partial charge on any atom is -0.292 e. The summed E-state index contributed by atoms with van der Waals surface area (Å²) >= 11 is 5.00. The average Bonchev–Trinajstić information content (AvgIpc) is 2.84. The number of Topliss-reactive ketones (excluding diaryl/α,β-unsaturated/α-hetero) is 1. The van der Waals surface area contributed by atoms with Crippen LogP contribution in [0.3, 0.4) is 0 Å². The van der Waals surface area contributed by atoms with Gasteiger partial charge < -0.3 is 0 Å². The van der Waals surface area contributed by atoms with E-state index in [0.29, 0.717) is 12.1 Å². The molecule has 0 aliphatic heterocycles. The molecule has 0 saturated carbocycles. The lowest BCUT2D eigenvalue weighted by molar-refractivity contribution is 0.0983. The molecule has 0 aromatic carbocycles. The van der Waals surface area contributed by atoms with Crippen molar-refractivity contribution in [3.63, 3.8) is 0 Å². The van der Waals surface area contributed by atoms with Crippen molar-refractivity contribution in [1.82, 2.24) is 9.78 Å². The second kappa shape index (κ2) is 5.14. The number of rotatable bonds is 4. The second-order valence-electron chi connectivity index (χ2n) is 3.79. The Morgan fingerprint density at radius 1 is 1.53 bits per heavy atom. The summed E-state index contributed by atoms with van der Waals surface area (Å²) in [5.74, 6) is 0.127. The van der Waals surface area contributed by atoms with Gasteiger partial charge in [-0.25, -0.2) is 0 Å². The minimum atomic E-state index is 0.127. The number of hydrogen-bond donors (Lipinski definition) is 0. The standard InChI is InChI=1S/C12H13BrN2OS/c1-3-15-10(6-8(2)14-15)11(16)7-9-4-5-12(13)17-9/h4-6H,3,7H2,1-2H3. The van der Waals surface area contributed by atoms with Crippen molar-refractivity contribution in [3.05, 3.63) is 38.3 Å². The molecule has 2 heterocycles. The molecule has 17 heavy (non-hydrogen) atoms. The molecule has 5 heteroatoms. The summed E-state index contributed by atoms with van der Waals surface area (Å²) in [6.07, 6.45) is 0.446. The molecular formula is C12H13BrN2OS. The van der Waals surface area contributed by atoms with Crippen LogP contribution >= 0.6 is 27.3 Å². The smallest absolute Gasteiger partial charge is 0.186 e. The van der Waals surface area contributed by atoms with Crippen molar-refractivity contribution in [2.24, 2.45) is 0 Å². The molecule has 0 aliphatic rings. The van der Waals surface area contributed by atoms with Crippen LogP contribution in [-0.2, 0) is 13.0 Å². The van der Waals surface area contributed by atoms with Gasteiger partial charge in [0.25, 0.3) is 0 Å². The Morgan fingerprint density at radius 3 is 2.88 bits per heavy atom. The summed E-state index contributed by atoms with van der Waals surface area (Å²) in [6, 6.07) is 5.80. The van der Waals surface area contributed by atoms with Gasteiger partial charge in [0, 0.05) is 17.8 Å². The fourth-order valence-electron chi connectivity index (χ4n) is 1.71. The Kier molecular flexibility index (Phi) is 3.79. The van der Waals surface area contributed by atoms with E-state index in [0.717, 1.165) is 20.9 Å². The monoisotopic (exact) mass is 312 g/mol. The van der Waals surface area contributed by atoms with Crippen molar-refractivity contribution in [1.29, 1.82) is 0 Å². The van der Waals surface area contributed by atoms with Gasteiger partial charge in [0.2, 0.25) is 0 Å². The SMILES string of the molecule is CCn1nc(C)cc1C(=O)Cc1ccc(Br)s1. The number of aromatic nitrogens is 2. The normalized spacial score (nSPS) is 10.8. The van der Waals surface area contributed by atoms with E-state index in [2.05, 4.69) is 21.0 Å². The van der Waals surface area contributed by atoms with E-state index in [9.17, 15) is 4.79 Å². The minimum absolute atomic E-state index is 0.127. The van der Waals surface area contributed by atoms with Gasteiger partial charge in [0.15, 0.2) is 5.78 Å². The molecule has 0 fully saturated rings. The number of aryl methyl sites for hydroxylation is 2. The number of ketones is 1. The van der Waals surface area contributed by atoms with Crippen LogP contribution in [0.2, 0.25) is 0 Å². The van der Waals surface area contributed by atoms with Crippen LogP contribution in [0.15, 0.2) is 22.0 Å². The van der Waals surface area contributed by atoms with Crippen molar-refractivity contribution in [3.8, 4) is 0 Å². The largest absolute Gasteiger partial charge is 0.292 e. The Labute approximate surface area is 113 Å². The topological polar surface area (TPSA) is 34.9 Å². The first-order valence-electron chi connectivity index (χ1n) is 5.42. The predicted molar refractivity (Wildman–Crippen MR) is 72.7 cm³/mol. The molecular weight excluding hydrogens is 300 g/mol. The molecule has 0 atom stereocenters. The van der Waals surface area contributed by atoms with Crippen LogP contribution in [0.1, 0.15) is 28.0 Å². The van der Waals surface area contributed by atoms with Crippen molar-refractivity contribution in [2.45, 2.75) is 26.8 Å². The van der Waals surface area contributed by atoms with Gasteiger partial charge in [-0.05, 0) is 48.0 Å². The Bertz CT molecular complexity index is 544. The number of thiophene rings is 1. The Morgan fingerprint density at radius 2 is 2.29 bits per heavy atom. The zero-order valence-electron chi connectivity index (χ0n) is 9.74. The van der Waals surface area contributed by atoms with Crippen molar-refractivity contribution >= 4 is 33.0 Å². The van der Waals surface area contributed by atoms with Crippen LogP contribution in [0.5, 0.6) is 0 Å². The van der Waals surface area contributed by atoms with E-state index in [1.54, 1.807) is 16.0 Å². The van der Waals surface area contributed by atoms with Crippen molar-refractivity contribution < 1.29 is 4.79 Å². The van der Waals surface area contributed by atoms with Gasteiger partial charge in [-0.2, -0.15) is 5.10 Å². The van der Waals surface area contributed by atoms with E-state index in [1.807, 2.05) is 32.0 Å². The van der Waals surface area contributed by atoms with Crippen molar-refractivity contribution in [2.75, 3.05) is 0 Å². The van der Waals surface area contributed by atoms with E-state index in [-0.39, 0.29) is 5.78 Å². The molecule has 0 radical (unpaired) electrons. The molecule has 0 aliphatic carbocycles. The summed E-state index contributed by atoms with van der Waals surface area (Å²) in [5.41, 5.74) is 1.59. The summed E-state index contributed by atoms with van der Waals surface area (Å²) in [7, 11) is 0. The first-order chi connectivity index (χ1) is 8.10. The maximum absolute atomic E-state index is 12.1. The Hall–Kier alpha value is -0.940. The maximum Gasteiger partial charge on any atom is 0.186 e. The summed E-state index contributed by atoms with van der Waals surface area (Å²) in [5, 5.41) is 4.29. The van der Waals surface area contributed by atoms with Gasteiger partial charge in [-0.3, -0.25) is 9.48 Å². The molecule has 0 unspecified atom stereocenters. The molecule has 90 valence electrons. The molecule has 2 aromatic heterocycles. The van der Waals surface area contributed by atoms with E-state index < -0.39 is 0 Å².